The molecule has 39 heavy (non-hydrogen) atoms. The Morgan fingerprint density at radius 1 is 1.15 bits per heavy atom. The van der Waals surface area contributed by atoms with Crippen molar-refractivity contribution in [1.29, 1.82) is 0 Å². The number of benzene rings is 3. The highest BCUT2D eigenvalue weighted by Crippen LogP contribution is 2.40. The van der Waals surface area contributed by atoms with Gasteiger partial charge >= 0.3 is 5.97 Å². The van der Waals surface area contributed by atoms with Crippen molar-refractivity contribution >= 4 is 23.5 Å². The van der Waals surface area contributed by atoms with Crippen LogP contribution in [-0.4, -0.2) is 44.8 Å². The highest BCUT2D eigenvalue weighted by Gasteiger charge is 2.31. The number of carbonyl (C=O) groups is 2. The first-order chi connectivity index (χ1) is 18.7. The van der Waals surface area contributed by atoms with Crippen LogP contribution in [0.5, 0.6) is 11.5 Å². The van der Waals surface area contributed by atoms with E-state index in [9.17, 15) is 18.4 Å². The summed E-state index contributed by atoms with van der Waals surface area (Å²) in [5.74, 6) is -2.54. The molecule has 11 heteroatoms. The average Bonchev–Trinajstić information content (AvgIpc) is 3.25. The molecule has 0 aliphatic carbocycles. The standard InChI is InChI=1S/C28H22ClF2N3O5/c1-33-26-20-13-18(29)6-8-23(20)39-15-21(26)25(32-33)27(35)34(14-16-3-2-4-19(30)11-16)9-10-38-24-7-5-17(28(36)37)12-22(24)31/h2-8,11-13H,9-10,14-15H2,1H3,(H,36,37). The molecule has 0 atom stereocenters. The maximum absolute atomic E-state index is 14.3. The van der Waals surface area contributed by atoms with E-state index < -0.39 is 23.5 Å². The van der Waals surface area contributed by atoms with Crippen LogP contribution in [0.1, 0.15) is 32.0 Å². The first-order valence-corrected chi connectivity index (χ1v) is 12.3. The summed E-state index contributed by atoms with van der Waals surface area (Å²) in [5.41, 5.74) is 2.47. The van der Waals surface area contributed by atoms with Gasteiger partial charge in [0.15, 0.2) is 17.3 Å². The zero-order chi connectivity index (χ0) is 27.7. The summed E-state index contributed by atoms with van der Waals surface area (Å²) in [5, 5.41) is 14.0. The van der Waals surface area contributed by atoms with E-state index >= 15 is 0 Å². The third-order valence-electron chi connectivity index (χ3n) is 6.26. The number of carboxylic acid groups (broad SMARTS) is 1. The molecule has 1 aliphatic rings. The van der Waals surface area contributed by atoms with E-state index in [0.717, 1.165) is 6.07 Å². The maximum atomic E-state index is 14.3. The van der Waals surface area contributed by atoms with Gasteiger partial charge in [0.25, 0.3) is 5.91 Å². The minimum atomic E-state index is -1.26. The highest BCUT2D eigenvalue weighted by atomic mass is 35.5. The number of aromatic nitrogens is 2. The smallest absolute Gasteiger partial charge is 0.335 e. The van der Waals surface area contributed by atoms with Crippen molar-refractivity contribution in [1.82, 2.24) is 14.7 Å². The zero-order valence-electron chi connectivity index (χ0n) is 20.7. The number of aromatic carboxylic acids is 1. The summed E-state index contributed by atoms with van der Waals surface area (Å²) in [7, 11) is 1.72. The highest BCUT2D eigenvalue weighted by molar-refractivity contribution is 6.31. The van der Waals surface area contributed by atoms with Crippen molar-refractivity contribution in [3.05, 3.63) is 99.7 Å². The fourth-order valence-electron chi connectivity index (χ4n) is 4.45. The van der Waals surface area contributed by atoms with Gasteiger partial charge in [-0.2, -0.15) is 5.10 Å². The predicted molar refractivity (Wildman–Crippen MR) is 138 cm³/mol. The molecule has 0 radical (unpaired) electrons. The SMILES string of the molecule is Cn1nc(C(=O)N(CCOc2ccc(C(=O)O)cc2F)Cc2cccc(F)c2)c2c1-c1cc(Cl)ccc1OC2. The van der Waals surface area contributed by atoms with Crippen LogP contribution in [0.3, 0.4) is 0 Å². The minimum Gasteiger partial charge on any atom is -0.489 e. The molecule has 0 bridgehead atoms. The summed E-state index contributed by atoms with van der Waals surface area (Å²) in [6, 6.07) is 14.4. The Bertz CT molecular complexity index is 1590. The van der Waals surface area contributed by atoms with E-state index in [1.165, 1.54) is 29.2 Å². The number of carboxylic acids is 1. The minimum absolute atomic E-state index is 0.00406. The monoisotopic (exact) mass is 553 g/mol. The van der Waals surface area contributed by atoms with Crippen LogP contribution in [0, 0.1) is 11.6 Å². The molecule has 200 valence electrons. The van der Waals surface area contributed by atoms with Crippen LogP contribution in [0.4, 0.5) is 8.78 Å². The number of ether oxygens (including phenoxy) is 2. The summed E-state index contributed by atoms with van der Waals surface area (Å²) < 4.78 is 41.2. The van der Waals surface area contributed by atoms with Crippen LogP contribution in [0.2, 0.25) is 5.02 Å². The maximum Gasteiger partial charge on any atom is 0.335 e. The lowest BCUT2D eigenvalue weighted by atomic mass is 10.0. The fraction of sp³-hybridized carbons (Fsp3) is 0.179. The molecule has 1 aromatic heterocycles. The molecular formula is C28H22ClF2N3O5. The number of nitrogens with zero attached hydrogens (tertiary/aromatic N) is 3. The molecule has 4 aromatic rings. The van der Waals surface area contributed by atoms with Gasteiger partial charge < -0.3 is 19.5 Å². The lowest BCUT2D eigenvalue weighted by molar-refractivity contribution is 0.0689. The van der Waals surface area contributed by atoms with Crippen LogP contribution in [0.15, 0.2) is 60.7 Å². The van der Waals surface area contributed by atoms with Gasteiger partial charge in [-0.1, -0.05) is 23.7 Å². The van der Waals surface area contributed by atoms with E-state index in [2.05, 4.69) is 5.10 Å². The molecule has 1 N–H and O–H groups in total. The average molecular weight is 554 g/mol. The molecule has 0 saturated carbocycles. The third-order valence-corrected chi connectivity index (χ3v) is 6.50. The Morgan fingerprint density at radius 3 is 2.72 bits per heavy atom. The van der Waals surface area contributed by atoms with Gasteiger partial charge in [-0.3, -0.25) is 9.48 Å². The van der Waals surface area contributed by atoms with Crippen LogP contribution < -0.4 is 9.47 Å². The third kappa shape index (κ3) is 5.42. The Hall–Kier alpha value is -4.44. The van der Waals surface area contributed by atoms with Gasteiger partial charge in [0.2, 0.25) is 0 Å². The van der Waals surface area contributed by atoms with Gasteiger partial charge in [-0.05, 0) is 54.1 Å². The van der Waals surface area contributed by atoms with Crippen molar-refractivity contribution in [2.45, 2.75) is 13.2 Å². The molecule has 0 spiro atoms. The van der Waals surface area contributed by atoms with Crippen molar-refractivity contribution in [2.24, 2.45) is 7.05 Å². The first kappa shape index (κ1) is 26.2. The Balaban J connectivity index is 1.42. The van der Waals surface area contributed by atoms with Crippen molar-refractivity contribution in [2.75, 3.05) is 13.2 Å². The second-order valence-electron chi connectivity index (χ2n) is 8.88. The van der Waals surface area contributed by atoms with Gasteiger partial charge in [-0.15, -0.1) is 0 Å². The Labute approximate surface area is 226 Å². The quantitative estimate of drug-likeness (QED) is 0.317. The predicted octanol–water partition coefficient (Wildman–Crippen LogP) is 5.33. The van der Waals surface area contributed by atoms with Crippen LogP contribution in [0.25, 0.3) is 11.3 Å². The van der Waals surface area contributed by atoms with Crippen molar-refractivity contribution in [3.63, 3.8) is 0 Å². The molecule has 0 saturated heterocycles. The largest absolute Gasteiger partial charge is 0.489 e. The van der Waals surface area contributed by atoms with E-state index in [0.29, 0.717) is 33.2 Å². The molecular weight excluding hydrogens is 532 g/mol. The fourth-order valence-corrected chi connectivity index (χ4v) is 4.62. The number of carbonyl (C=O) groups excluding carboxylic acids is 1. The molecule has 0 fully saturated rings. The Kier molecular flexibility index (Phi) is 7.21. The van der Waals surface area contributed by atoms with Gasteiger partial charge in [0.05, 0.1) is 17.8 Å². The van der Waals surface area contributed by atoms with E-state index in [1.54, 1.807) is 42.1 Å². The Morgan fingerprint density at radius 2 is 1.97 bits per heavy atom. The number of hydrogen-bond acceptors (Lipinski definition) is 5. The number of amides is 1. The summed E-state index contributed by atoms with van der Waals surface area (Å²) in [6.07, 6.45) is 0. The van der Waals surface area contributed by atoms with E-state index in [4.69, 9.17) is 26.2 Å². The number of hydrogen-bond donors (Lipinski definition) is 1. The van der Waals surface area contributed by atoms with Gasteiger partial charge in [0, 0.05) is 29.7 Å². The zero-order valence-corrected chi connectivity index (χ0v) is 21.4. The molecule has 8 nitrogen and oxygen atoms in total. The first-order valence-electron chi connectivity index (χ1n) is 11.9. The molecule has 1 aliphatic heterocycles. The van der Waals surface area contributed by atoms with Gasteiger partial charge in [-0.25, -0.2) is 13.6 Å². The topological polar surface area (TPSA) is 93.9 Å². The van der Waals surface area contributed by atoms with E-state index in [-0.39, 0.29) is 43.3 Å². The number of halogens is 3. The normalized spacial score (nSPS) is 11.8. The summed E-state index contributed by atoms with van der Waals surface area (Å²) >= 11 is 6.20. The summed E-state index contributed by atoms with van der Waals surface area (Å²) in [4.78, 5) is 26.3. The van der Waals surface area contributed by atoms with Crippen molar-refractivity contribution in [3.8, 4) is 22.8 Å². The number of fused-ring (bicyclic) bond motifs is 3. The second kappa shape index (κ2) is 10.7. The number of aryl methyl sites for hydroxylation is 1. The van der Waals surface area contributed by atoms with E-state index in [1.807, 2.05) is 0 Å². The number of rotatable bonds is 8. The molecule has 0 unspecified atom stereocenters. The molecule has 2 heterocycles. The van der Waals surface area contributed by atoms with Gasteiger partial charge in [0.1, 0.15) is 24.8 Å². The lowest BCUT2D eigenvalue weighted by Crippen LogP contribution is -2.35. The molecule has 3 aromatic carbocycles. The van der Waals surface area contributed by atoms with Crippen molar-refractivity contribution < 1.29 is 33.0 Å². The second-order valence-corrected chi connectivity index (χ2v) is 9.32. The molecule has 1 amide bonds. The lowest BCUT2D eigenvalue weighted by Gasteiger charge is -2.24. The van der Waals surface area contributed by atoms with Crippen LogP contribution >= 0.6 is 11.6 Å². The van der Waals surface area contributed by atoms with Crippen LogP contribution in [-0.2, 0) is 20.2 Å². The molecule has 5 rings (SSSR count). The summed E-state index contributed by atoms with van der Waals surface area (Å²) in [6.45, 7) is 0.0395.